The predicted molar refractivity (Wildman–Crippen MR) is 83.6 cm³/mol. The topological polar surface area (TPSA) is 43.4 Å². The molecule has 2 rings (SSSR count). The molecule has 0 saturated carbocycles. The number of ether oxygens (including phenoxy) is 2. The lowest BCUT2D eigenvalue weighted by atomic mass is 10.2. The van der Waals surface area contributed by atoms with Crippen molar-refractivity contribution in [3.63, 3.8) is 0 Å². The van der Waals surface area contributed by atoms with E-state index in [0.29, 0.717) is 13.2 Å². The summed E-state index contributed by atoms with van der Waals surface area (Å²) < 4.78 is 11.5. The zero-order valence-corrected chi connectivity index (χ0v) is 12.6. The molecule has 0 atom stereocenters. The molecule has 0 amide bonds. The molecule has 0 saturated heterocycles. The van der Waals surface area contributed by atoms with Gasteiger partial charge < -0.3 is 14.8 Å². The Morgan fingerprint density at radius 2 is 1.95 bits per heavy atom. The fourth-order valence-corrected chi connectivity index (χ4v) is 1.96. The van der Waals surface area contributed by atoms with Gasteiger partial charge in [0, 0.05) is 24.5 Å². The molecule has 4 nitrogen and oxygen atoms in total. The SMILES string of the molecule is CCNCc1ccc(OCc2cccnc2)c(OCC)c1. The molecule has 21 heavy (non-hydrogen) atoms. The predicted octanol–water partition coefficient (Wildman–Crippen LogP) is 3.17. The average Bonchev–Trinajstić information content (AvgIpc) is 2.53. The van der Waals surface area contributed by atoms with E-state index < -0.39 is 0 Å². The monoisotopic (exact) mass is 286 g/mol. The summed E-state index contributed by atoms with van der Waals surface area (Å²) in [5.41, 5.74) is 2.23. The van der Waals surface area contributed by atoms with Crippen LogP contribution >= 0.6 is 0 Å². The Hall–Kier alpha value is -2.07. The van der Waals surface area contributed by atoms with Crippen molar-refractivity contribution in [3.8, 4) is 11.5 Å². The van der Waals surface area contributed by atoms with Crippen molar-refractivity contribution in [2.75, 3.05) is 13.2 Å². The average molecular weight is 286 g/mol. The minimum Gasteiger partial charge on any atom is -0.490 e. The van der Waals surface area contributed by atoms with Crippen LogP contribution < -0.4 is 14.8 Å². The first-order chi connectivity index (χ1) is 10.3. The molecular formula is C17H22N2O2. The second-order valence-corrected chi connectivity index (χ2v) is 4.64. The Morgan fingerprint density at radius 3 is 2.67 bits per heavy atom. The highest BCUT2D eigenvalue weighted by atomic mass is 16.5. The van der Waals surface area contributed by atoms with Crippen molar-refractivity contribution in [3.05, 3.63) is 53.9 Å². The zero-order chi connectivity index (χ0) is 14.9. The van der Waals surface area contributed by atoms with Gasteiger partial charge in [0.25, 0.3) is 0 Å². The van der Waals surface area contributed by atoms with Crippen molar-refractivity contribution >= 4 is 0 Å². The molecule has 0 fully saturated rings. The highest BCUT2D eigenvalue weighted by Crippen LogP contribution is 2.29. The highest BCUT2D eigenvalue weighted by molar-refractivity contribution is 5.43. The molecule has 1 aromatic carbocycles. The fraction of sp³-hybridized carbons (Fsp3) is 0.353. The van der Waals surface area contributed by atoms with Gasteiger partial charge in [-0.1, -0.05) is 19.1 Å². The van der Waals surface area contributed by atoms with Crippen LogP contribution in [-0.4, -0.2) is 18.1 Å². The number of hydrogen-bond donors (Lipinski definition) is 1. The smallest absolute Gasteiger partial charge is 0.161 e. The summed E-state index contributed by atoms with van der Waals surface area (Å²) in [4.78, 5) is 4.08. The lowest BCUT2D eigenvalue weighted by molar-refractivity contribution is 0.269. The van der Waals surface area contributed by atoms with Crippen molar-refractivity contribution in [1.29, 1.82) is 0 Å². The third-order valence-corrected chi connectivity index (χ3v) is 3.00. The van der Waals surface area contributed by atoms with Crippen LogP contribution in [0.5, 0.6) is 11.5 Å². The number of pyridine rings is 1. The molecule has 2 aromatic rings. The Morgan fingerprint density at radius 1 is 1.05 bits per heavy atom. The number of hydrogen-bond acceptors (Lipinski definition) is 4. The molecule has 4 heteroatoms. The van der Waals surface area contributed by atoms with Gasteiger partial charge in [0.15, 0.2) is 11.5 Å². The van der Waals surface area contributed by atoms with Gasteiger partial charge in [0.05, 0.1) is 6.61 Å². The standard InChI is InChI=1S/C17H22N2O2/c1-3-18-11-14-7-8-16(17(10-14)20-4-2)21-13-15-6-5-9-19-12-15/h5-10,12,18H,3-4,11,13H2,1-2H3. The second-order valence-electron chi connectivity index (χ2n) is 4.64. The molecule has 0 spiro atoms. The summed E-state index contributed by atoms with van der Waals surface area (Å²) in [5, 5.41) is 3.31. The summed E-state index contributed by atoms with van der Waals surface area (Å²) in [5.74, 6) is 1.55. The van der Waals surface area contributed by atoms with E-state index in [9.17, 15) is 0 Å². The van der Waals surface area contributed by atoms with Crippen LogP contribution in [0.25, 0.3) is 0 Å². The number of benzene rings is 1. The Labute approximate surface area is 126 Å². The summed E-state index contributed by atoms with van der Waals surface area (Å²) in [6, 6.07) is 9.96. The van der Waals surface area contributed by atoms with Gasteiger partial charge >= 0.3 is 0 Å². The van der Waals surface area contributed by atoms with E-state index in [1.54, 1.807) is 12.4 Å². The van der Waals surface area contributed by atoms with E-state index in [0.717, 1.165) is 30.2 Å². The first-order valence-electron chi connectivity index (χ1n) is 7.31. The van der Waals surface area contributed by atoms with Gasteiger partial charge in [-0.15, -0.1) is 0 Å². The quantitative estimate of drug-likeness (QED) is 0.809. The van der Waals surface area contributed by atoms with Gasteiger partial charge in [-0.25, -0.2) is 0 Å². The maximum Gasteiger partial charge on any atom is 0.161 e. The van der Waals surface area contributed by atoms with Crippen LogP contribution in [0.15, 0.2) is 42.7 Å². The second kappa shape index (κ2) is 8.27. The van der Waals surface area contributed by atoms with Crippen LogP contribution in [0.1, 0.15) is 25.0 Å². The third-order valence-electron chi connectivity index (χ3n) is 3.00. The van der Waals surface area contributed by atoms with Crippen LogP contribution in [0.2, 0.25) is 0 Å². The molecule has 1 aromatic heterocycles. The van der Waals surface area contributed by atoms with E-state index in [4.69, 9.17) is 9.47 Å². The minimum absolute atomic E-state index is 0.487. The van der Waals surface area contributed by atoms with Crippen molar-refractivity contribution in [2.24, 2.45) is 0 Å². The summed E-state index contributed by atoms with van der Waals surface area (Å²) >= 11 is 0. The first-order valence-corrected chi connectivity index (χ1v) is 7.31. The molecule has 0 aliphatic heterocycles. The van der Waals surface area contributed by atoms with E-state index in [2.05, 4.69) is 23.3 Å². The fourth-order valence-electron chi connectivity index (χ4n) is 1.96. The Bertz CT molecular complexity index is 544. The molecular weight excluding hydrogens is 264 g/mol. The van der Waals surface area contributed by atoms with Gasteiger partial charge in [-0.05, 0) is 37.2 Å². The molecule has 1 heterocycles. The van der Waals surface area contributed by atoms with Crippen molar-refractivity contribution in [1.82, 2.24) is 10.3 Å². The van der Waals surface area contributed by atoms with Crippen LogP contribution in [-0.2, 0) is 13.2 Å². The van der Waals surface area contributed by atoms with Gasteiger partial charge in [0.1, 0.15) is 6.61 Å². The summed E-state index contributed by atoms with van der Waals surface area (Å²) in [6.45, 7) is 6.95. The Balaban J connectivity index is 2.06. The van der Waals surface area contributed by atoms with Crippen molar-refractivity contribution < 1.29 is 9.47 Å². The normalized spacial score (nSPS) is 10.4. The molecule has 1 N–H and O–H groups in total. The number of nitrogens with zero attached hydrogens (tertiary/aromatic N) is 1. The van der Waals surface area contributed by atoms with E-state index in [1.165, 1.54) is 5.56 Å². The zero-order valence-electron chi connectivity index (χ0n) is 12.6. The van der Waals surface area contributed by atoms with Gasteiger partial charge in [0.2, 0.25) is 0 Å². The largest absolute Gasteiger partial charge is 0.490 e. The van der Waals surface area contributed by atoms with Crippen LogP contribution in [0.4, 0.5) is 0 Å². The summed E-state index contributed by atoms with van der Waals surface area (Å²) in [6.07, 6.45) is 3.56. The number of rotatable bonds is 8. The number of aromatic nitrogens is 1. The van der Waals surface area contributed by atoms with E-state index >= 15 is 0 Å². The number of nitrogens with one attached hydrogen (secondary N) is 1. The van der Waals surface area contributed by atoms with Gasteiger partial charge in [-0.2, -0.15) is 0 Å². The molecule has 0 unspecified atom stereocenters. The van der Waals surface area contributed by atoms with E-state index in [-0.39, 0.29) is 0 Å². The highest BCUT2D eigenvalue weighted by Gasteiger charge is 2.07. The Kier molecular flexibility index (Phi) is 6.03. The molecule has 0 bridgehead atoms. The first kappa shape index (κ1) is 15.3. The van der Waals surface area contributed by atoms with Crippen LogP contribution in [0.3, 0.4) is 0 Å². The third kappa shape index (κ3) is 4.76. The maximum atomic E-state index is 5.85. The minimum atomic E-state index is 0.487. The van der Waals surface area contributed by atoms with E-state index in [1.807, 2.05) is 31.2 Å². The molecule has 0 aliphatic rings. The maximum absolute atomic E-state index is 5.85. The van der Waals surface area contributed by atoms with Gasteiger partial charge in [-0.3, -0.25) is 4.98 Å². The lowest BCUT2D eigenvalue weighted by Gasteiger charge is -2.13. The molecule has 0 radical (unpaired) electrons. The molecule has 112 valence electrons. The molecule has 0 aliphatic carbocycles. The summed E-state index contributed by atoms with van der Waals surface area (Å²) in [7, 11) is 0. The lowest BCUT2D eigenvalue weighted by Crippen LogP contribution is -2.12. The van der Waals surface area contributed by atoms with Crippen molar-refractivity contribution in [2.45, 2.75) is 27.0 Å². The van der Waals surface area contributed by atoms with Crippen LogP contribution in [0, 0.1) is 0 Å².